The van der Waals surface area contributed by atoms with E-state index in [0.29, 0.717) is 5.69 Å². The van der Waals surface area contributed by atoms with Gasteiger partial charge >= 0.3 is 0 Å². The predicted octanol–water partition coefficient (Wildman–Crippen LogP) is 3.08. The quantitative estimate of drug-likeness (QED) is 0.591. The lowest BCUT2D eigenvalue weighted by Crippen LogP contribution is -2.18. The summed E-state index contributed by atoms with van der Waals surface area (Å²) >= 11 is 0. The van der Waals surface area contributed by atoms with Crippen molar-refractivity contribution in [2.45, 2.75) is 0 Å². The third-order valence-corrected chi connectivity index (χ3v) is 3.11. The fourth-order valence-electron chi connectivity index (χ4n) is 1.99. The molecule has 0 saturated heterocycles. The molecule has 9 heteroatoms. The van der Waals surface area contributed by atoms with Gasteiger partial charge in [-0.25, -0.2) is 17.6 Å². The maximum Gasteiger partial charge on any atom is 0.261 e. The molecule has 0 unspecified atom stereocenters. The van der Waals surface area contributed by atoms with Crippen molar-refractivity contribution in [2.24, 2.45) is 0 Å². The molecule has 1 N–H and O–H groups in total. The zero-order valence-electron chi connectivity index (χ0n) is 11.8. The van der Waals surface area contributed by atoms with Gasteiger partial charge in [0.1, 0.15) is 5.56 Å². The van der Waals surface area contributed by atoms with Crippen LogP contribution in [0, 0.1) is 23.3 Å². The second-order valence-electron chi connectivity index (χ2n) is 4.66. The average molecular weight is 336 g/mol. The number of halogens is 4. The van der Waals surface area contributed by atoms with Gasteiger partial charge in [0.25, 0.3) is 5.91 Å². The predicted molar refractivity (Wildman–Crippen MR) is 75.6 cm³/mol. The first-order chi connectivity index (χ1) is 11.5. The number of hydrogen-bond acceptors (Lipinski definition) is 3. The number of benzene rings is 2. The standard InChI is InChI=1S/C15H8F4N4O/c16-10-7-11(17)14(19)12(13(10)18)15(24)22-8-1-3-9(4-2-8)23-20-5-6-21-23/h1-7H,(H,22,24). The van der Waals surface area contributed by atoms with Gasteiger partial charge in [-0.15, -0.1) is 0 Å². The molecule has 0 atom stereocenters. The fourth-order valence-corrected chi connectivity index (χ4v) is 1.99. The highest BCUT2D eigenvalue weighted by Gasteiger charge is 2.24. The maximum absolute atomic E-state index is 13.6. The van der Waals surface area contributed by atoms with Crippen LogP contribution in [-0.4, -0.2) is 20.9 Å². The number of hydrogen-bond donors (Lipinski definition) is 1. The van der Waals surface area contributed by atoms with E-state index in [1.807, 2.05) is 0 Å². The molecule has 0 radical (unpaired) electrons. The van der Waals surface area contributed by atoms with Crippen LogP contribution >= 0.6 is 0 Å². The van der Waals surface area contributed by atoms with E-state index in [9.17, 15) is 22.4 Å². The molecule has 3 aromatic rings. The van der Waals surface area contributed by atoms with Crippen molar-refractivity contribution >= 4 is 11.6 Å². The smallest absolute Gasteiger partial charge is 0.261 e. The molecule has 0 saturated carbocycles. The molecule has 1 amide bonds. The molecule has 2 aromatic carbocycles. The molecule has 0 bridgehead atoms. The average Bonchev–Trinajstić information content (AvgIpc) is 3.08. The Hall–Kier alpha value is -3.23. The molecule has 1 aromatic heterocycles. The van der Waals surface area contributed by atoms with Crippen LogP contribution in [-0.2, 0) is 0 Å². The van der Waals surface area contributed by atoms with Crippen molar-refractivity contribution < 1.29 is 22.4 Å². The van der Waals surface area contributed by atoms with Crippen molar-refractivity contribution in [1.29, 1.82) is 0 Å². The lowest BCUT2D eigenvalue weighted by molar-refractivity contribution is 0.101. The van der Waals surface area contributed by atoms with Crippen LogP contribution < -0.4 is 5.32 Å². The fraction of sp³-hybridized carbons (Fsp3) is 0. The Bertz CT molecular complexity index is 869. The van der Waals surface area contributed by atoms with Gasteiger partial charge in [0.2, 0.25) is 0 Å². The summed E-state index contributed by atoms with van der Waals surface area (Å²) in [6.07, 6.45) is 2.94. The monoisotopic (exact) mass is 336 g/mol. The zero-order chi connectivity index (χ0) is 17.3. The number of carbonyl (C=O) groups excluding carboxylic acids is 1. The Morgan fingerprint density at radius 3 is 2.00 bits per heavy atom. The van der Waals surface area contributed by atoms with Crippen molar-refractivity contribution in [2.75, 3.05) is 5.32 Å². The molecular weight excluding hydrogens is 328 g/mol. The van der Waals surface area contributed by atoms with Gasteiger partial charge in [-0.05, 0) is 24.3 Å². The maximum atomic E-state index is 13.6. The van der Waals surface area contributed by atoms with Crippen LogP contribution in [0.15, 0.2) is 42.7 Å². The number of nitrogens with one attached hydrogen (secondary N) is 1. The van der Waals surface area contributed by atoms with E-state index in [1.165, 1.54) is 41.5 Å². The molecule has 0 spiro atoms. The summed E-state index contributed by atoms with van der Waals surface area (Å²) < 4.78 is 53.5. The first-order valence-corrected chi connectivity index (χ1v) is 6.58. The number of anilines is 1. The van der Waals surface area contributed by atoms with E-state index < -0.39 is 34.7 Å². The molecule has 0 aliphatic carbocycles. The molecular formula is C15H8F4N4O. The topological polar surface area (TPSA) is 59.8 Å². The SMILES string of the molecule is O=C(Nc1ccc(-n2nccn2)cc1)c1c(F)c(F)cc(F)c1F. The Kier molecular flexibility index (Phi) is 3.98. The minimum absolute atomic E-state index is 0.0350. The van der Waals surface area contributed by atoms with Crippen LogP contribution in [0.3, 0.4) is 0 Å². The normalized spacial score (nSPS) is 10.7. The molecule has 122 valence electrons. The summed E-state index contributed by atoms with van der Waals surface area (Å²) in [6, 6.07) is 5.94. The summed E-state index contributed by atoms with van der Waals surface area (Å²) in [7, 11) is 0. The van der Waals surface area contributed by atoms with Crippen molar-refractivity contribution in [3.8, 4) is 5.69 Å². The van der Waals surface area contributed by atoms with Crippen LogP contribution in [0.2, 0.25) is 0 Å². The van der Waals surface area contributed by atoms with Crippen LogP contribution in [0.1, 0.15) is 10.4 Å². The van der Waals surface area contributed by atoms with Gasteiger partial charge in [-0.2, -0.15) is 15.0 Å². The van der Waals surface area contributed by atoms with E-state index in [4.69, 9.17) is 0 Å². The summed E-state index contributed by atoms with van der Waals surface area (Å²) in [5.41, 5.74) is -0.586. The number of nitrogens with zero attached hydrogens (tertiary/aromatic N) is 3. The highest BCUT2D eigenvalue weighted by atomic mass is 19.2. The van der Waals surface area contributed by atoms with Crippen molar-refractivity contribution in [3.05, 3.63) is 71.6 Å². The van der Waals surface area contributed by atoms with Crippen LogP contribution in [0.4, 0.5) is 23.2 Å². The van der Waals surface area contributed by atoms with Gasteiger partial charge in [-0.1, -0.05) is 0 Å². The third kappa shape index (κ3) is 2.83. The molecule has 0 fully saturated rings. The van der Waals surface area contributed by atoms with Crippen LogP contribution in [0.5, 0.6) is 0 Å². The highest BCUT2D eigenvalue weighted by molar-refractivity contribution is 6.04. The van der Waals surface area contributed by atoms with Crippen LogP contribution in [0.25, 0.3) is 5.69 Å². The Morgan fingerprint density at radius 2 is 1.46 bits per heavy atom. The largest absolute Gasteiger partial charge is 0.322 e. The Morgan fingerprint density at radius 1 is 0.917 bits per heavy atom. The second kappa shape index (κ2) is 6.11. The Balaban J connectivity index is 1.86. The van der Waals surface area contributed by atoms with Gasteiger partial charge in [0.15, 0.2) is 23.3 Å². The number of carbonyl (C=O) groups is 1. The lowest BCUT2D eigenvalue weighted by atomic mass is 10.1. The van der Waals surface area contributed by atoms with E-state index in [0.717, 1.165) is 0 Å². The molecule has 0 aliphatic heterocycles. The summed E-state index contributed by atoms with van der Waals surface area (Å²) in [4.78, 5) is 13.2. The number of amides is 1. The zero-order valence-corrected chi connectivity index (χ0v) is 11.8. The van der Waals surface area contributed by atoms with Crippen molar-refractivity contribution in [1.82, 2.24) is 15.0 Å². The summed E-state index contributed by atoms with van der Waals surface area (Å²) in [5.74, 6) is -8.14. The molecule has 0 aliphatic rings. The van der Waals surface area contributed by atoms with Gasteiger partial charge < -0.3 is 5.32 Å². The molecule has 1 heterocycles. The number of aromatic nitrogens is 3. The van der Waals surface area contributed by atoms with E-state index in [-0.39, 0.29) is 11.8 Å². The third-order valence-electron chi connectivity index (χ3n) is 3.11. The molecule has 5 nitrogen and oxygen atoms in total. The van der Waals surface area contributed by atoms with E-state index in [1.54, 1.807) is 0 Å². The van der Waals surface area contributed by atoms with Gasteiger partial charge in [0, 0.05) is 11.8 Å². The second-order valence-corrected chi connectivity index (χ2v) is 4.66. The molecule has 3 rings (SSSR count). The first-order valence-electron chi connectivity index (χ1n) is 6.58. The number of rotatable bonds is 3. The van der Waals surface area contributed by atoms with E-state index >= 15 is 0 Å². The molecule has 24 heavy (non-hydrogen) atoms. The first kappa shape index (κ1) is 15.7. The summed E-state index contributed by atoms with van der Waals surface area (Å²) in [5, 5.41) is 9.97. The van der Waals surface area contributed by atoms with E-state index in [2.05, 4.69) is 15.5 Å². The highest BCUT2D eigenvalue weighted by Crippen LogP contribution is 2.21. The minimum atomic E-state index is -1.76. The lowest BCUT2D eigenvalue weighted by Gasteiger charge is -2.09. The van der Waals surface area contributed by atoms with Crippen molar-refractivity contribution in [3.63, 3.8) is 0 Å². The van der Waals surface area contributed by atoms with Gasteiger partial charge in [-0.3, -0.25) is 4.79 Å². The van der Waals surface area contributed by atoms with Gasteiger partial charge in [0.05, 0.1) is 18.1 Å². The Labute approximate surface area is 132 Å². The minimum Gasteiger partial charge on any atom is -0.322 e. The summed E-state index contributed by atoms with van der Waals surface area (Å²) in [6.45, 7) is 0.